The molecule has 0 amide bonds. The van der Waals surface area contributed by atoms with Crippen LogP contribution in [-0.4, -0.2) is 65.7 Å². The van der Waals surface area contributed by atoms with Crippen LogP contribution in [0.5, 0.6) is 0 Å². The molecule has 0 aromatic heterocycles. The van der Waals surface area contributed by atoms with Crippen LogP contribution in [0.3, 0.4) is 0 Å². The number of hydrogen-bond acceptors (Lipinski definition) is 4. The standard InChI is InChI=1S/C15H33N3O3.HI/c1-4-16-15(18-10-8-12-20-5-2)17-9-6-7-11-21-14-13-19-3;/h4-14H2,1-3H3,(H2,16,17,18);1H. The Balaban J connectivity index is 0. The summed E-state index contributed by atoms with van der Waals surface area (Å²) in [4.78, 5) is 4.51. The van der Waals surface area contributed by atoms with E-state index in [2.05, 4.69) is 22.5 Å². The number of rotatable bonds is 14. The lowest BCUT2D eigenvalue weighted by atomic mass is 10.3. The first-order valence-electron chi connectivity index (χ1n) is 8.01. The maximum atomic E-state index is 5.42. The molecule has 6 nitrogen and oxygen atoms in total. The van der Waals surface area contributed by atoms with Gasteiger partial charge in [-0.2, -0.15) is 0 Å². The maximum Gasteiger partial charge on any atom is 0.191 e. The van der Waals surface area contributed by atoms with E-state index in [4.69, 9.17) is 14.2 Å². The van der Waals surface area contributed by atoms with E-state index in [1.54, 1.807) is 7.11 Å². The van der Waals surface area contributed by atoms with Crippen molar-refractivity contribution >= 4 is 29.9 Å². The van der Waals surface area contributed by atoms with Gasteiger partial charge in [0.05, 0.1) is 13.2 Å². The van der Waals surface area contributed by atoms with Gasteiger partial charge in [0.2, 0.25) is 0 Å². The first-order chi connectivity index (χ1) is 10.3. The molecule has 0 aliphatic carbocycles. The number of hydrogen-bond donors (Lipinski definition) is 2. The van der Waals surface area contributed by atoms with Crippen molar-refractivity contribution in [2.24, 2.45) is 4.99 Å². The zero-order chi connectivity index (χ0) is 15.6. The monoisotopic (exact) mass is 431 g/mol. The SMILES string of the molecule is CCNC(=NCCCOCC)NCCCCOCCOC.I. The van der Waals surface area contributed by atoms with Crippen molar-refractivity contribution in [3.63, 3.8) is 0 Å². The molecule has 0 rings (SSSR count). The number of guanidine groups is 1. The zero-order valence-electron chi connectivity index (χ0n) is 14.4. The topological polar surface area (TPSA) is 64.1 Å². The van der Waals surface area contributed by atoms with Crippen LogP contribution in [0.25, 0.3) is 0 Å². The highest BCUT2D eigenvalue weighted by atomic mass is 127. The van der Waals surface area contributed by atoms with Crippen molar-refractivity contribution in [2.75, 3.05) is 59.8 Å². The fraction of sp³-hybridized carbons (Fsp3) is 0.933. The molecule has 0 bridgehead atoms. The Bertz CT molecular complexity index is 244. The smallest absolute Gasteiger partial charge is 0.191 e. The molecule has 0 aromatic carbocycles. The minimum atomic E-state index is 0. The first kappa shape index (κ1) is 24.1. The average Bonchev–Trinajstić information content (AvgIpc) is 2.49. The molecule has 134 valence electrons. The van der Waals surface area contributed by atoms with Gasteiger partial charge in [-0.15, -0.1) is 24.0 Å². The van der Waals surface area contributed by atoms with E-state index in [1.165, 1.54) is 0 Å². The summed E-state index contributed by atoms with van der Waals surface area (Å²) in [6, 6.07) is 0. The number of aliphatic imine (C=N–C) groups is 1. The fourth-order valence-electron chi connectivity index (χ4n) is 1.62. The normalized spacial score (nSPS) is 11.1. The summed E-state index contributed by atoms with van der Waals surface area (Å²) >= 11 is 0. The summed E-state index contributed by atoms with van der Waals surface area (Å²) in [6.45, 7) is 10.3. The molecule has 2 N–H and O–H groups in total. The Hall–Kier alpha value is -0.120. The second-order valence-corrected chi connectivity index (χ2v) is 4.55. The van der Waals surface area contributed by atoms with Gasteiger partial charge in [-0.25, -0.2) is 0 Å². The highest BCUT2D eigenvalue weighted by molar-refractivity contribution is 14.0. The number of nitrogens with one attached hydrogen (secondary N) is 2. The van der Waals surface area contributed by atoms with E-state index in [9.17, 15) is 0 Å². The molecule has 0 aliphatic rings. The van der Waals surface area contributed by atoms with Gasteiger partial charge < -0.3 is 24.8 Å². The molecule has 0 aliphatic heterocycles. The van der Waals surface area contributed by atoms with Gasteiger partial charge in [0, 0.05) is 46.6 Å². The van der Waals surface area contributed by atoms with Crippen molar-refractivity contribution in [1.82, 2.24) is 10.6 Å². The second-order valence-electron chi connectivity index (χ2n) is 4.55. The third kappa shape index (κ3) is 17.9. The van der Waals surface area contributed by atoms with Crippen LogP contribution in [0.1, 0.15) is 33.1 Å². The van der Waals surface area contributed by atoms with Gasteiger partial charge >= 0.3 is 0 Å². The molecule has 0 saturated carbocycles. The van der Waals surface area contributed by atoms with Gasteiger partial charge in [-0.05, 0) is 33.1 Å². The summed E-state index contributed by atoms with van der Waals surface area (Å²) in [5.74, 6) is 0.884. The number of methoxy groups -OCH3 is 1. The molecule has 0 fully saturated rings. The zero-order valence-corrected chi connectivity index (χ0v) is 16.7. The number of unbranched alkanes of at least 4 members (excludes halogenated alkanes) is 1. The quantitative estimate of drug-likeness (QED) is 0.191. The van der Waals surface area contributed by atoms with Crippen LogP contribution < -0.4 is 10.6 Å². The van der Waals surface area contributed by atoms with Gasteiger partial charge in [-0.3, -0.25) is 4.99 Å². The van der Waals surface area contributed by atoms with Crippen LogP contribution in [0, 0.1) is 0 Å². The Morgan fingerprint density at radius 1 is 0.909 bits per heavy atom. The summed E-state index contributed by atoms with van der Waals surface area (Å²) in [7, 11) is 1.68. The summed E-state index contributed by atoms with van der Waals surface area (Å²) in [5.41, 5.74) is 0. The van der Waals surface area contributed by atoms with Crippen LogP contribution in [0.4, 0.5) is 0 Å². The number of halogens is 1. The second kappa shape index (κ2) is 20.9. The Morgan fingerprint density at radius 3 is 2.36 bits per heavy atom. The minimum absolute atomic E-state index is 0. The first-order valence-corrected chi connectivity index (χ1v) is 8.01. The lowest BCUT2D eigenvalue weighted by molar-refractivity contribution is 0.0689. The molecule has 0 saturated heterocycles. The molecule has 7 heteroatoms. The minimum Gasteiger partial charge on any atom is -0.382 e. The Labute approximate surface area is 152 Å². The predicted molar refractivity (Wildman–Crippen MR) is 102 cm³/mol. The molecule has 0 atom stereocenters. The Kier molecular flexibility index (Phi) is 22.9. The van der Waals surface area contributed by atoms with E-state index in [0.29, 0.717) is 13.2 Å². The molecule has 0 radical (unpaired) electrons. The molecule has 0 heterocycles. The molecule has 22 heavy (non-hydrogen) atoms. The van der Waals surface area contributed by atoms with Gasteiger partial charge in [-0.1, -0.05) is 0 Å². The van der Waals surface area contributed by atoms with Crippen molar-refractivity contribution in [3.8, 4) is 0 Å². The summed E-state index contributed by atoms with van der Waals surface area (Å²) < 4.78 is 15.6. The molecular formula is C15H34IN3O3. The molecular weight excluding hydrogens is 397 g/mol. The number of nitrogens with zero attached hydrogens (tertiary/aromatic N) is 1. The fourth-order valence-corrected chi connectivity index (χ4v) is 1.62. The highest BCUT2D eigenvalue weighted by Crippen LogP contribution is 1.90. The van der Waals surface area contributed by atoms with Crippen LogP contribution in [0.2, 0.25) is 0 Å². The van der Waals surface area contributed by atoms with Crippen molar-refractivity contribution < 1.29 is 14.2 Å². The number of ether oxygens (including phenoxy) is 3. The average molecular weight is 431 g/mol. The summed E-state index contributed by atoms with van der Waals surface area (Å²) in [5, 5.41) is 6.57. The Morgan fingerprint density at radius 2 is 1.68 bits per heavy atom. The van der Waals surface area contributed by atoms with E-state index in [0.717, 1.165) is 64.7 Å². The molecule has 0 aromatic rings. The summed E-state index contributed by atoms with van der Waals surface area (Å²) in [6.07, 6.45) is 3.06. The maximum absolute atomic E-state index is 5.42. The third-order valence-corrected chi connectivity index (χ3v) is 2.70. The van der Waals surface area contributed by atoms with Crippen LogP contribution >= 0.6 is 24.0 Å². The van der Waals surface area contributed by atoms with Crippen LogP contribution in [0.15, 0.2) is 4.99 Å². The lowest BCUT2D eigenvalue weighted by Crippen LogP contribution is -2.38. The van der Waals surface area contributed by atoms with Crippen molar-refractivity contribution in [2.45, 2.75) is 33.1 Å². The van der Waals surface area contributed by atoms with Crippen molar-refractivity contribution in [1.29, 1.82) is 0 Å². The van der Waals surface area contributed by atoms with E-state index in [-0.39, 0.29) is 24.0 Å². The van der Waals surface area contributed by atoms with Crippen molar-refractivity contribution in [3.05, 3.63) is 0 Å². The molecule has 0 spiro atoms. The van der Waals surface area contributed by atoms with Gasteiger partial charge in [0.15, 0.2) is 5.96 Å². The highest BCUT2D eigenvalue weighted by Gasteiger charge is 1.96. The van der Waals surface area contributed by atoms with E-state index in [1.807, 2.05) is 6.92 Å². The van der Waals surface area contributed by atoms with Gasteiger partial charge in [0.25, 0.3) is 0 Å². The van der Waals surface area contributed by atoms with E-state index < -0.39 is 0 Å². The van der Waals surface area contributed by atoms with E-state index >= 15 is 0 Å². The molecule has 0 unspecified atom stereocenters. The largest absolute Gasteiger partial charge is 0.382 e. The lowest BCUT2D eigenvalue weighted by Gasteiger charge is -2.11. The van der Waals surface area contributed by atoms with Crippen LogP contribution in [-0.2, 0) is 14.2 Å². The van der Waals surface area contributed by atoms with Gasteiger partial charge in [0.1, 0.15) is 0 Å². The third-order valence-electron chi connectivity index (χ3n) is 2.70. The predicted octanol–water partition coefficient (Wildman–Crippen LogP) is 2.03.